The van der Waals surface area contributed by atoms with Crippen LogP contribution in [0.1, 0.15) is 5.56 Å². The Morgan fingerprint density at radius 1 is 0.714 bits per heavy atom. The molecule has 4 aromatic carbocycles. The van der Waals surface area contributed by atoms with Crippen molar-refractivity contribution in [2.75, 3.05) is 10.6 Å². The monoisotopic (exact) mass is 384 g/mol. The quantitative estimate of drug-likeness (QED) is 0.400. The van der Waals surface area contributed by atoms with Gasteiger partial charge in [-0.3, -0.25) is 0 Å². The summed E-state index contributed by atoms with van der Waals surface area (Å²) < 4.78 is 5.82. The Balaban J connectivity index is 1.36. The second kappa shape index (κ2) is 8.55. The fraction of sp³-hybridized carbons (Fsp3) is 0.0417. The molecule has 4 aromatic rings. The molecule has 0 saturated heterocycles. The Morgan fingerprint density at radius 2 is 1.43 bits per heavy atom. The Hall–Kier alpha value is -3.37. The standard InChI is InChI=1S/C24H20N2OS/c28-24(26-23-12-6-10-19-9-4-5-11-22(19)23)25-20-13-15-21(16-14-20)27-17-18-7-2-1-3-8-18/h1-16H,17H2,(H2,25,26,28). The molecule has 138 valence electrons. The third-order valence-electron chi connectivity index (χ3n) is 4.40. The number of ether oxygens (including phenoxy) is 1. The van der Waals surface area contributed by atoms with Gasteiger partial charge in [-0.2, -0.15) is 0 Å². The van der Waals surface area contributed by atoms with Gasteiger partial charge in [0.05, 0.1) is 0 Å². The Labute approximate surface area is 170 Å². The van der Waals surface area contributed by atoms with Crippen molar-refractivity contribution < 1.29 is 4.74 Å². The maximum Gasteiger partial charge on any atom is 0.175 e. The minimum absolute atomic E-state index is 0.550. The molecule has 0 aliphatic carbocycles. The first-order valence-corrected chi connectivity index (χ1v) is 9.51. The summed E-state index contributed by atoms with van der Waals surface area (Å²) in [5.74, 6) is 0.822. The van der Waals surface area contributed by atoms with E-state index in [4.69, 9.17) is 17.0 Å². The van der Waals surface area contributed by atoms with E-state index in [2.05, 4.69) is 28.8 Å². The van der Waals surface area contributed by atoms with Crippen LogP contribution in [0.5, 0.6) is 5.75 Å². The normalized spacial score (nSPS) is 10.4. The predicted molar refractivity (Wildman–Crippen MR) is 121 cm³/mol. The highest BCUT2D eigenvalue weighted by Gasteiger charge is 2.04. The van der Waals surface area contributed by atoms with Crippen molar-refractivity contribution in [3.63, 3.8) is 0 Å². The predicted octanol–water partition coefficient (Wildman–Crippen LogP) is 6.23. The summed E-state index contributed by atoms with van der Waals surface area (Å²) in [6, 6.07) is 32.3. The van der Waals surface area contributed by atoms with E-state index in [0.29, 0.717) is 11.7 Å². The number of hydrogen-bond donors (Lipinski definition) is 2. The van der Waals surface area contributed by atoms with Crippen LogP contribution in [0.25, 0.3) is 10.8 Å². The SMILES string of the molecule is S=C(Nc1ccc(OCc2ccccc2)cc1)Nc1cccc2ccccc12. The number of rotatable bonds is 5. The number of anilines is 2. The first-order chi connectivity index (χ1) is 13.8. The third kappa shape index (κ3) is 4.48. The Morgan fingerprint density at radius 3 is 2.25 bits per heavy atom. The van der Waals surface area contributed by atoms with Crippen molar-refractivity contribution in [2.24, 2.45) is 0 Å². The summed E-state index contributed by atoms with van der Waals surface area (Å²) in [6.07, 6.45) is 0. The van der Waals surface area contributed by atoms with E-state index < -0.39 is 0 Å². The summed E-state index contributed by atoms with van der Waals surface area (Å²) >= 11 is 5.48. The second-order valence-corrected chi connectivity index (χ2v) is 6.81. The van der Waals surface area contributed by atoms with Crippen LogP contribution in [0, 0.1) is 0 Å². The molecule has 0 unspecified atom stereocenters. The molecule has 0 spiro atoms. The highest BCUT2D eigenvalue weighted by molar-refractivity contribution is 7.80. The molecular formula is C24H20N2OS. The molecular weight excluding hydrogens is 364 g/mol. The Bertz CT molecular complexity index is 1070. The topological polar surface area (TPSA) is 33.3 Å². The van der Waals surface area contributed by atoms with Crippen molar-refractivity contribution in [3.05, 3.63) is 103 Å². The zero-order chi connectivity index (χ0) is 19.2. The van der Waals surface area contributed by atoms with Gasteiger partial charge < -0.3 is 15.4 Å². The fourth-order valence-corrected chi connectivity index (χ4v) is 3.22. The van der Waals surface area contributed by atoms with Gasteiger partial charge in [0.15, 0.2) is 5.11 Å². The molecule has 0 heterocycles. The number of nitrogens with one attached hydrogen (secondary N) is 2. The molecule has 0 saturated carbocycles. The number of hydrogen-bond acceptors (Lipinski definition) is 2. The van der Waals surface area contributed by atoms with E-state index in [9.17, 15) is 0 Å². The van der Waals surface area contributed by atoms with Crippen molar-refractivity contribution in [3.8, 4) is 5.75 Å². The van der Waals surface area contributed by atoms with E-state index in [1.807, 2.05) is 78.9 Å². The molecule has 0 aliphatic heterocycles. The number of fused-ring (bicyclic) bond motifs is 1. The highest BCUT2D eigenvalue weighted by atomic mass is 32.1. The maximum absolute atomic E-state index is 5.82. The maximum atomic E-state index is 5.82. The van der Waals surface area contributed by atoms with Crippen LogP contribution in [-0.2, 0) is 6.61 Å². The zero-order valence-corrected chi connectivity index (χ0v) is 16.1. The van der Waals surface area contributed by atoms with Crippen LogP contribution in [0.2, 0.25) is 0 Å². The summed E-state index contributed by atoms with van der Waals surface area (Å²) in [5, 5.41) is 9.37. The molecule has 0 atom stereocenters. The van der Waals surface area contributed by atoms with Crippen LogP contribution < -0.4 is 15.4 Å². The minimum atomic E-state index is 0.550. The smallest absolute Gasteiger partial charge is 0.175 e. The van der Waals surface area contributed by atoms with E-state index in [-0.39, 0.29) is 0 Å². The van der Waals surface area contributed by atoms with Gasteiger partial charge in [-0.1, -0.05) is 66.7 Å². The molecule has 28 heavy (non-hydrogen) atoms. The summed E-state index contributed by atoms with van der Waals surface area (Å²) in [5.41, 5.74) is 3.04. The number of benzene rings is 4. The molecule has 4 heteroatoms. The molecule has 0 aliphatic rings. The molecule has 0 bridgehead atoms. The van der Waals surface area contributed by atoms with E-state index in [1.54, 1.807) is 0 Å². The van der Waals surface area contributed by atoms with Gasteiger partial charge in [0.1, 0.15) is 12.4 Å². The van der Waals surface area contributed by atoms with Gasteiger partial charge in [0, 0.05) is 16.8 Å². The Kier molecular flexibility index (Phi) is 5.50. The average Bonchev–Trinajstić information content (AvgIpc) is 2.74. The molecule has 4 rings (SSSR count). The van der Waals surface area contributed by atoms with Crippen LogP contribution in [0.15, 0.2) is 97.1 Å². The third-order valence-corrected chi connectivity index (χ3v) is 4.60. The summed E-state index contributed by atoms with van der Waals surface area (Å²) in [7, 11) is 0. The fourth-order valence-electron chi connectivity index (χ4n) is 2.99. The van der Waals surface area contributed by atoms with Crippen molar-refractivity contribution in [1.29, 1.82) is 0 Å². The molecule has 3 nitrogen and oxygen atoms in total. The van der Waals surface area contributed by atoms with E-state index in [0.717, 1.165) is 28.1 Å². The molecule has 0 aromatic heterocycles. The van der Waals surface area contributed by atoms with Crippen LogP contribution in [0.4, 0.5) is 11.4 Å². The first-order valence-electron chi connectivity index (χ1n) is 9.10. The van der Waals surface area contributed by atoms with Crippen molar-refractivity contribution >= 4 is 39.5 Å². The van der Waals surface area contributed by atoms with Gasteiger partial charge in [0.25, 0.3) is 0 Å². The minimum Gasteiger partial charge on any atom is -0.489 e. The van der Waals surface area contributed by atoms with Gasteiger partial charge in [-0.25, -0.2) is 0 Å². The number of thiocarbonyl (C=S) groups is 1. The lowest BCUT2D eigenvalue weighted by atomic mass is 10.1. The summed E-state index contributed by atoms with van der Waals surface area (Å²) in [6.45, 7) is 0.550. The lowest BCUT2D eigenvalue weighted by molar-refractivity contribution is 0.306. The molecule has 0 amide bonds. The highest BCUT2D eigenvalue weighted by Crippen LogP contribution is 2.23. The van der Waals surface area contributed by atoms with Gasteiger partial charge >= 0.3 is 0 Å². The van der Waals surface area contributed by atoms with E-state index in [1.165, 1.54) is 5.39 Å². The largest absolute Gasteiger partial charge is 0.489 e. The molecule has 2 N–H and O–H groups in total. The molecule has 0 fully saturated rings. The van der Waals surface area contributed by atoms with Crippen molar-refractivity contribution in [2.45, 2.75) is 6.61 Å². The van der Waals surface area contributed by atoms with Crippen LogP contribution in [0.3, 0.4) is 0 Å². The van der Waals surface area contributed by atoms with E-state index >= 15 is 0 Å². The van der Waals surface area contributed by atoms with Gasteiger partial charge in [0.2, 0.25) is 0 Å². The molecule has 0 radical (unpaired) electrons. The zero-order valence-electron chi connectivity index (χ0n) is 15.3. The van der Waals surface area contributed by atoms with Crippen molar-refractivity contribution in [1.82, 2.24) is 0 Å². The average molecular weight is 385 g/mol. The first kappa shape index (κ1) is 18.0. The lowest BCUT2D eigenvalue weighted by Crippen LogP contribution is -2.19. The summed E-state index contributed by atoms with van der Waals surface area (Å²) in [4.78, 5) is 0. The van der Waals surface area contributed by atoms with Gasteiger partial charge in [-0.15, -0.1) is 0 Å². The lowest BCUT2D eigenvalue weighted by Gasteiger charge is -2.13. The van der Waals surface area contributed by atoms with Gasteiger partial charge in [-0.05, 0) is 53.5 Å². The second-order valence-electron chi connectivity index (χ2n) is 6.40. The van der Waals surface area contributed by atoms with Crippen LogP contribution in [-0.4, -0.2) is 5.11 Å². The van der Waals surface area contributed by atoms with Crippen LogP contribution >= 0.6 is 12.2 Å².